The first-order valence-electron chi connectivity index (χ1n) is 13.3. The highest BCUT2D eigenvalue weighted by molar-refractivity contribution is 5.84. The summed E-state index contributed by atoms with van der Waals surface area (Å²) >= 11 is 0. The van der Waals surface area contributed by atoms with Crippen LogP contribution >= 0.6 is 0 Å². The van der Waals surface area contributed by atoms with Crippen molar-refractivity contribution in [1.82, 2.24) is 0 Å². The summed E-state index contributed by atoms with van der Waals surface area (Å²) in [6.45, 7) is 18.5. The van der Waals surface area contributed by atoms with Crippen LogP contribution in [0.4, 0.5) is 0 Å². The smallest absolute Gasteiger partial charge is 0.137 e. The van der Waals surface area contributed by atoms with Crippen molar-refractivity contribution in [1.29, 1.82) is 0 Å². The molecule has 4 rings (SSSR count). The van der Waals surface area contributed by atoms with Gasteiger partial charge in [-0.05, 0) is 105 Å². The number of aliphatic hydroxyl groups is 1. The SMILES string of the molecule is CC(C)=CCC[C@](C)(O)C1CC[C@]2(C)C1C(=O)CC1[C@@]3(C)CC=CC(C)(C)C3CC[C@]12C. The molecule has 32 heavy (non-hydrogen) atoms. The number of ketones is 1. The highest BCUT2D eigenvalue weighted by atomic mass is 16.3. The Morgan fingerprint density at radius 3 is 2.41 bits per heavy atom. The molecule has 0 bridgehead atoms. The monoisotopic (exact) mass is 440 g/mol. The molecule has 3 saturated carbocycles. The lowest BCUT2D eigenvalue weighted by molar-refractivity contribution is -0.195. The van der Waals surface area contributed by atoms with Gasteiger partial charge in [-0.3, -0.25) is 4.79 Å². The van der Waals surface area contributed by atoms with Crippen LogP contribution in [0.15, 0.2) is 23.8 Å². The molecule has 3 fully saturated rings. The molecule has 0 saturated heterocycles. The van der Waals surface area contributed by atoms with E-state index in [-0.39, 0.29) is 33.5 Å². The average Bonchev–Trinajstić information content (AvgIpc) is 3.03. The zero-order valence-corrected chi connectivity index (χ0v) is 22.1. The van der Waals surface area contributed by atoms with Crippen molar-refractivity contribution < 1.29 is 9.90 Å². The Morgan fingerprint density at radius 2 is 1.75 bits per heavy atom. The topological polar surface area (TPSA) is 37.3 Å². The van der Waals surface area contributed by atoms with Gasteiger partial charge in [-0.15, -0.1) is 0 Å². The Bertz CT molecular complexity index is 828. The maximum absolute atomic E-state index is 14.0. The molecule has 4 aliphatic carbocycles. The van der Waals surface area contributed by atoms with Crippen molar-refractivity contribution in [3.8, 4) is 0 Å². The van der Waals surface area contributed by atoms with Crippen molar-refractivity contribution in [2.75, 3.05) is 0 Å². The summed E-state index contributed by atoms with van der Waals surface area (Å²) in [6, 6.07) is 0. The Hall–Kier alpha value is -0.890. The van der Waals surface area contributed by atoms with E-state index in [4.69, 9.17) is 0 Å². The summed E-state index contributed by atoms with van der Waals surface area (Å²) in [5, 5.41) is 11.6. The molecule has 0 amide bonds. The van der Waals surface area contributed by atoms with E-state index in [1.54, 1.807) is 0 Å². The van der Waals surface area contributed by atoms with Crippen LogP contribution in [0.5, 0.6) is 0 Å². The molecule has 1 N–H and O–H groups in total. The van der Waals surface area contributed by atoms with Crippen LogP contribution in [0.25, 0.3) is 0 Å². The quantitative estimate of drug-likeness (QED) is 0.459. The van der Waals surface area contributed by atoms with E-state index in [0.29, 0.717) is 24.0 Å². The number of hydrogen-bond donors (Lipinski definition) is 1. The zero-order chi connectivity index (χ0) is 23.7. The van der Waals surface area contributed by atoms with Crippen molar-refractivity contribution in [3.63, 3.8) is 0 Å². The third-order valence-electron chi connectivity index (χ3n) is 11.4. The Labute approximate surface area is 197 Å². The predicted octanol–water partition coefficient (Wildman–Crippen LogP) is 7.51. The van der Waals surface area contributed by atoms with Gasteiger partial charge in [0.2, 0.25) is 0 Å². The molecule has 0 spiro atoms. The van der Waals surface area contributed by atoms with Crippen LogP contribution in [-0.4, -0.2) is 16.5 Å². The molecule has 8 atom stereocenters. The van der Waals surface area contributed by atoms with Gasteiger partial charge in [0.15, 0.2) is 0 Å². The highest BCUT2D eigenvalue weighted by Crippen LogP contribution is 2.74. The van der Waals surface area contributed by atoms with E-state index in [1.807, 2.05) is 6.92 Å². The predicted molar refractivity (Wildman–Crippen MR) is 133 cm³/mol. The van der Waals surface area contributed by atoms with Gasteiger partial charge in [0, 0.05) is 12.3 Å². The van der Waals surface area contributed by atoms with Crippen LogP contribution in [0, 0.1) is 45.3 Å². The lowest BCUT2D eigenvalue weighted by atomic mass is 9.36. The minimum Gasteiger partial charge on any atom is -0.390 e. The van der Waals surface area contributed by atoms with Crippen molar-refractivity contribution in [2.24, 2.45) is 45.3 Å². The van der Waals surface area contributed by atoms with Crippen LogP contribution in [0.1, 0.15) is 107 Å². The first kappa shape index (κ1) is 24.2. The van der Waals surface area contributed by atoms with Crippen LogP contribution < -0.4 is 0 Å². The lowest BCUT2D eigenvalue weighted by Gasteiger charge is -2.68. The second-order valence-corrected chi connectivity index (χ2v) is 13.9. The summed E-state index contributed by atoms with van der Waals surface area (Å²) in [5.74, 6) is 1.65. The van der Waals surface area contributed by atoms with Gasteiger partial charge in [-0.2, -0.15) is 0 Å². The lowest BCUT2D eigenvalue weighted by Crippen LogP contribution is -2.64. The fraction of sp³-hybridized carbons (Fsp3) is 0.833. The van der Waals surface area contributed by atoms with Gasteiger partial charge in [0.1, 0.15) is 5.78 Å². The van der Waals surface area contributed by atoms with E-state index in [2.05, 4.69) is 66.7 Å². The number of carbonyl (C=O) groups excluding carboxylic acids is 1. The van der Waals surface area contributed by atoms with Crippen molar-refractivity contribution in [2.45, 2.75) is 112 Å². The van der Waals surface area contributed by atoms with Gasteiger partial charge >= 0.3 is 0 Å². The molecule has 4 unspecified atom stereocenters. The number of carbonyl (C=O) groups is 1. The molecular formula is C30H48O2. The summed E-state index contributed by atoms with van der Waals surface area (Å²) < 4.78 is 0. The second kappa shape index (κ2) is 7.56. The van der Waals surface area contributed by atoms with Gasteiger partial charge in [0.25, 0.3) is 0 Å². The molecule has 0 aliphatic heterocycles. The average molecular weight is 441 g/mol. The van der Waals surface area contributed by atoms with Gasteiger partial charge < -0.3 is 5.11 Å². The normalized spacial score (nSPS) is 46.6. The molecule has 0 aromatic heterocycles. The maximum Gasteiger partial charge on any atom is 0.137 e. The Morgan fingerprint density at radius 1 is 1.09 bits per heavy atom. The second-order valence-electron chi connectivity index (χ2n) is 13.9. The van der Waals surface area contributed by atoms with Gasteiger partial charge in [-0.1, -0.05) is 58.4 Å². The molecule has 4 aliphatic rings. The van der Waals surface area contributed by atoms with Gasteiger partial charge in [0.05, 0.1) is 5.60 Å². The molecule has 0 heterocycles. The first-order valence-corrected chi connectivity index (χ1v) is 13.3. The van der Waals surface area contributed by atoms with Crippen LogP contribution in [0.3, 0.4) is 0 Å². The molecule has 0 aromatic rings. The van der Waals surface area contributed by atoms with Crippen molar-refractivity contribution >= 4 is 5.78 Å². The fourth-order valence-electron chi connectivity index (χ4n) is 9.58. The summed E-state index contributed by atoms with van der Waals surface area (Å²) in [5.41, 5.74) is 1.10. The minimum atomic E-state index is -0.774. The molecule has 0 radical (unpaired) electrons. The Balaban J connectivity index is 1.68. The van der Waals surface area contributed by atoms with E-state index < -0.39 is 5.60 Å². The first-order chi connectivity index (χ1) is 14.7. The minimum absolute atomic E-state index is 0.00253. The summed E-state index contributed by atoms with van der Waals surface area (Å²) in [7, 11) is 0. The number of rotatable bonds is 4. The van der Waals surface area contributed by atoms with Crippen LogP contribution in [-0.2, 0) is 4.79 Å². The largest absolute Gasteiger partial charge is 0.390 e. The molecule has 2 heteroatoms. The highest BCUT2D eigenvalue weighted by Gasteiger charge is 2.70. The molecular weight excluding hydrogens is 392 g/mol. The van der Waals surface area contributed by atoms with Gasteiger partial charge in [-0.25, -0.2) is 0 Å². The summed E-state index contributed by atoms with van der Waals surface area (Å²) in [6.07, 6.45) is 15.1. The molecule has 180 valence electrons. The third kappa shape index (κ3) is 3.33. The standard InChI is InChI=1S/C30H48O2/c1-20(2)11-9-16-30(8,32)21-12-17-29(7)25(21)22(31)19-24-27(5)15-10-14-26(3,4)23(27)13-18-28(24,29)6/h10-11,14,21,23-25,32H,9,12-13,15-19H2,1-8H3/t21?,23?,24?,25?,27-,28+,29+,30-/m0/s1. The Kier molecular flexibility index (Phi) is 5.72. The number of fused-ring (bicyclic) bond motifs is 5. The van der Waals surface area contributed by atoms with E-state index in [0.717, 1.165) is 32.1 Å². The van der Waals surface area contributed by atoms with E-state index >= 15 is 0 Å². The van der Waals surface area contributed by atoms with Crippen LogP contribution in [0.2, 0.25) is 0 Å². The third-order valence-corrected chi connectivity index (χ3v) is 11.4. The van der Waals surface area contributed by atoms with E-state index in [9.17, 15) is 9.90 Å². The maximum atomic E-state index is 14.0. The summed E-state index contributed by atoms with van der Waals surface area (Å²) in [4.78, 5) is 14.0. The molecule has 0 aromatic carbocycles. The fourth-order valence-corrected chi connectivity index (χ4v) is 9.58. The van der Waals surface area contributed by atoms with Crippen molar-refractivity contribution in [3.05, 3.63) is 23.8 Å². The van der Waals surface area contributed by atoms with E-state index in [1.165, 1.54) is 18.4 Å². The number of Topliss-reactive ketones (excluding diaryl/α,β-unsaturated/α-hetero) is 1. The number of allylic oxidation sites excluding steroid dienone is 4. The number of hydrogen-bond acceptors (Lipinski definition) is 2. The molecule has 2 nitrogen and oxygen atoms in total. The zero-order valence-electron chi connectivity index (χ0n) is 22.1.